The standard InChI is InChI=1S/C25H27N3O4/c1-16-22(20-10-6-7-11-21(20)26-16)23(29)17(2)32-24(30)18-12-14-28(15-13-18)25(31)27-19-8-4-3-5-9-19/h3-11,17-18,26H,12-15H2,1-2H3,(H,27,31)/t17-/m0/s1. The van der Waals surface area contributed by atoms with Crippen LogP contribution in [-0.2, 0) is 9.53 Å². The Labute approximate surface area is 186 Å². The fraction of sp³-hybridized carbons (Fsp3) is 0.320. The molecular weight excluding hydrogens is 406 g/mol. The van der Waals surface area contributed by atoms with Gasteiger partial charge in [-0.25, -0.2) is 4.79 Å². The Morgan fingerprint density at radius 3 is 2.41 bits per heavy atom. The number of nitrogens with one attached hydrogen (secondary N) is 2. The number of likely N-dealkylation sites (tertiary alicyclic amines) is 1. The molecule has 1 fully saturated rings. The van der Waals surface area contributed by atoms with Crippen LogP contribution in [0.15, 0.2) is 54.6 Å². The maximum Gasteiger partial charge on any atom is 0.321 e. The van der Waals surface area contributed by atoms with Crippen molar-refractivity contribution in [3.8, 4) is 0 Å². The first-order chi connectivity index (χ1) is 15.4. The molecule has 166 valence electrons. The van der Waals surface area contributed by atoms with Gasteiger partial charge in [-0.2, -0.15) is 0 Å². The smallest absolute Gasteiger partial charge is 0.321 e. The minimum absolute atomic E-state index is 0.179. The zero-order valence-electron chi connectivity index (χ0n) is 18.3. The molecule has 32 heavy (non-hydrogen) atoms. The Balaban J connectivity index is 1.32. The summed E-state index contributed by atoms with van der Waals surface area (Å²) in [5.41, 5.74) is 2.94. The fourth-order valence-corrected chi connectivity index (χ4v) is 4.16. The summed E-state index contributed by atoms with van der Waals surface area (Å²) in [5, 5.41) is 3.69. The number of aromatic nitrogens is 1. The number of H-pyrrole nitrogens is 1. The monoisotopic (exact) mass is 433 g/mol. The maximum absolute atomic E-state index is 13.0. The van der Waals surface area contributed by atoms with Gasteiger partial charge in [0.1, 0.15) is 0 Å². The lowest BCUT2D eigenvalue weighted by Gasteiger charge is -2.31. The Kier molecular flexibility index (Phi) is 6.25. The van der Waals surface area contributed by atoms with E-state index in [2.05, 4.69) is 10.3 Å². The highest BCUT2D eigenvalue weighted by Gasteiger charge is 2.31. The lowest BCUT2D eigenvalue weighted by molar-refractivity contribution is -0.152. The van der Waals surface area contributed by atoms with Gasteiger partial charge in [-0.1, -0.05) is 36.4 Å². The summed E-state index contributed by atoms with van der Waals surface area (Å²) >= 11 is 0. The highest BCUT2D eigenvalue weighted by atomic mass is 16.5. The van der Waals surface area contributed by atoms with Crippen LogP contribution in [0, 0.1) is 12.8 Å². The van der Waals surface area contributed by atoms with Crippen molar-refractivity contribution < 1.29 is 19.1 Å². The lowest BCUT2D eigenvalue weighted by Crippen LogP contribution is -2.43. The van der Waals surface area contributed by atoms with Crippen molar-refractivity contribution in [3.05, 3.63) is 65.9 Å². The van der Waals surface area contributed by atoms with Crippen molar-refractivity contribution in [1.82, 2.24) is 9.88 Å². The van der Waals surface area contributed by atoms with Crippen molar-refractivity contribution >= 4 is 34.4 Å². The first-order valence-electron chi connectivity index (χ1n) is 10.9. The number of hydrogen-bond donors (Lipinski definition) is 2. The van der Waals surface area contributed by atoms with Crippen LogP contribution in [0.5, 0.6) is 0 Å². The Morgan fingerprint density at radius 2 is 1.69 bits per heavy atom. The highest BCUT2D eigenvalue weighted by molar-refractivity contribution is 6.11. The van der Waals surface area contributed by atoms with E-state index in [1.54, 1.807) is 11.8 Å². The number of nitrogens with zero attached hydrogens (tertiary/aromatic N) is 1. The quantitative estimate of drug-likeness (QED) is 0.457. The number of amides is 2. The minimum atomic E-state index is -0.875. The summed E-state index contributed by atoms with van der Waals surface area (Å²) in [5.74, 6) is -0.922. The summed E-state index contributed by atoms with van der Waals surface area (Å²) in [6, 6.07) is 16.7. The SMILES string of the molecule is Cc1[nH]c2ccccc2c1C(=O)[C@H](C)OC(=O)C1CCN(C(=O)Nc2ccccc2)CC1. The first-order valence-corrected chi connectivity index (χ1v) is 10.9. The van der Waals surface area contributed by atoms with E-state index < -0.39 is 6.10 Å². The van der Waals surface area contributed by atoms with E-state index in [0.29, 0.717) is 31.5 Å². The minimum Gasteiger partial charge on any atom is -0.454 e. The number of piperidine rings is 1. The number of ether oxygens (including phenoxy) is 1. The normalized spacial score (nSPS) is 15.4. The van der Waals surface area contributed by atoms with Gasteiger partial charge in [0.25, 0.3) is 0 Å². The first kappa shape index (κ1) is 21.6. The molecular formula is C25H27N3O4. The Morgan fingerprint density at radius 1 is 1.03 bits per heavy atom. The lowest BCUT2D eigenvalue weighted by atomic mass is 9.97. The van der Waals surface area contributed by atoms with Crippen LogP contribution in [0.25, 0.3) is 10.9 Å². The van der Waals surface area contributed by atoms with E-state index in [9.17, 15) is 14.4 Å². The van der Waals surface area contributed by atoms with Crippen LogP contribution >= 0.6 is 0 Å². The van der Waals surface area contributed by atoms with Crippen LogP contribution < -0.4 is 5.32 Å². The number of urea groups is 1. The summed E-state index contributed by atoms with van der Waals surface area (Å²) in [4.78, 5) is 43.0. The zero-order valence-corrected chi connectivity index (χ0v) is 18.3. The molecule has 4 rings (SSSR count). The summed E-state index contributed by atoms with van der Waals surface area (Å²) in [7, 11) is 0. The molecule has 2 aromatic carbocycles. The second-order valence-electron chi connectivity index (χ2n) is 8.17. The third-order valence-electron chi connectivity index (χ3n) is 5.94. The summed E-state index contributed by atoms with van der Waals surface area (Å²) < 4.78 is 5.55. The van der Waals surface area contributed by atoms with Gasteiger partial charge < -0.3 is 19.9 Å². The highest BCUT2D eigenvalue weighted by Crippen LogP contribution is 2.25. The van der Waals surface area contributed by atoms with Gasteiger partial charge in [-0.3, -0.25) is 9.59 Å². The average Bonchev–Trinajstić information content (AvgIpc) is 3.14. The maximum atomic E-state index is 13.0. The van der Waals surface area contributed by atoms with Gasteiger partial charge in [0.05, 0.1) is 5.92 Å². The molecule has 1 aliphatic rings. The number of Topliss-reactive ketones (excluding diaryl/α,β-unsaturated/α-hetero) is 1. The Hall–Kier alpha value is -3.61. The van der Waals surface area contributed by atoms with Crippen molar-refractivity contribution in [1.29, 1.82) is 0 Å². The molecule has 0 radical (unpaired) electrons. The average molecular weight is 434 g/mol. The van der Waals surface area contributed by atoms with E-state index >= 15 is 0 Å². The molecule has 0 bridgehead atoms. The number of fused-ring (bicyclic) bond motifs is 1. The molecule has 0 saturated carbocycles. The number of anilines is 1. The number of esters is 1. The second-order valence-corrected chi connectivity index (χ2v) is 8.17. The predicted molar refractivity (Wildman–Crippen MR) is 123 cm³/mol. The molecule has 1 aliphatic heterocycles. The van der Waals surface area contributed by atoms with E-state index in [4.69, 9.17) is 4.74 Å². The van der Waals surface area contributed by atoms with Gasteiger partial charge in [0.2, 0.25) is 5.78 Å². The van der Waals surface area contributed by atoms with Crippen LogP contribution in [0.2, 0.25) is 0 Å². The van der Waals surface area contributed by atoms with Crippen LogP contribution in [-0.4, -0.2) is 46.9 Å². The fourth-order valence-electron chi connectivity index (χ4n) is 4.16. The van der Waals surface area contributed by atoms with E-state index in [1.165, 1.54) is 0 Å². The van der Waals surface area contributed by atoms with Gasteiger partial charge in [-0.05, 0) is 44.9 Å². The molecule has 2 amide bonds. The number of aromatic amines is 1. The number of rotatable bonds is 5. The number of ketones is 1. The molecule has 2 N–H and O–H groups in total. The van der Waals surface area contributed by atoms with Crippen molar-refractivity contribution in [2.75, 3.05) is 18.4 Å². The third-order valence-corrected chi connectivity index (χ3v) is 5.94. The van der Waals surface area contributed by atoms with Crippen LogP contribution in [0.1, 0.15) is 35.8 Å². The zero-order chi connectivity index (χ0) is 22.7. The molecule has 1 atom stereocenters. The van der Waals surface area contributed by atoms with Gasteiger partial charge in [0, 0.05) is 40.9 Å². The van der Waals surface area contributed by atoms with Gasteiger partial charge in [-0.15, -0.1) is 0 Å². The van der Waals surface area contributed by atoms with E-state index in [1.807, 2.05) is 61.5 Å². The Bertz CT molecular complexity index is 1130. The number of hydrogen-bond acceptors (Lipinski definition) is 4. The van der Waals surface area contributed by atoms with E-state index in [-0.39, 0.29) is 23.7 Å². The van der Waals surface area contributed by atoms with Gasteiger partial charge >= 0.3 is 12.0 Å². The van der Waals surface area contributed by atoms with Gasteiger partial charge in [0.15, 0.2) is 6.10 Å². The number of carbonyl (C=O) groups is 3. The van der Waals surface area contributed by atoms with Crippen molar-refractivity contribution in [2.45, 2.75) is 32.8 Å². The number of para-hydroxylation sites is 2. The molecule has 2 heterocycles. The van der Waals surface area contributed by atoms with Crippen molar-refractivity contribution in [3.63, 3.8) is 0 Å². The molecule has 1 aromatic heterocycles. The largest absolute Gasteiger partial charge is 0.454 e. The van der Waals surface area contributed by atoms with Crippen LogP contribution in [0.4, 0.5) is 10.5 Å². The summed E-state index contributed by atoms with van der Waals surface area (Å²) in [6.45, 7) is 4.38. The number of carbonyl (C=O) groups excluding carboxylic acids is 3. The third kappa shape index (κ3) is 4.51. The number of aryl methyl sites for hydroxylation is 1. The van der Waals surface area contributed by atoms with Crippen molar-refractivity contribution in [2.24, 2.45) is 5.92 Å². The molecule has 1 saturated heterocycles. The number of benzene rings is 2. The molecule has 0 aliphatic carbocycles. The van der Waals surface area contributed by atoms with Crippen LogP contribution in [0.3, 0.4) is 0 Å². The molecule has 0 unspecified atom stereocenters. The second kappa shape index (κ2) is 9.26. The predicted octanol–water partition coefficient (Wildman–Crippen LogP) is 4.53. The summed E-state index contributed by atoms with van der Waals surface area (Å²) in [6.07, 6.45) is 0.141. The molecule has 7 nitrogen and oxygen atoms in total. The molecule has 7 heteroatoms. The molecule has 0 spiro atoms. The van der Waals surface area contributed by atoms with E-state index in [0.717, 1.165) is 22.3 Å². The molecule has 3 aromatic rings. The topological polar surface area (TPSA) is 91.5 Å².